The summed E-state index contributed by atoms with van der Waals surface area (Å²) in [7, 11) is 0. The van der Waals surface area contributed by atoms with E-state index >= 15 is 0 Å². The number of piperidine rings is 1. The first kappa shape index (κ1) is 18.1. The molecule has 0 unspecified atom stereocenters. The summed E-state index contributed by atoms with van der Waals surface area (Å²) in [6.07, 6.45) is 1.70. The number of rotatable bonds is 6. The van der Waals surface area contributed by atoms with Gasteiger partial charge in [0.15, 0.2) is 0 Å². The maximum Gasteiger partial charge on any atom is 0.234 e. The summed E-state index contributed by atoms with van der Waals surface area (Å²) in [6.45, 7) is 1.66. The Labute approximate surface area is 154 Å². The molecule has 0 bridgehead atoms. The van der Waals surface area contributed by atoms with Crippen LogP contribution in [0.3, 0.4) is 0 Å². The highest BCUT2D eigenvalue weighted by atomic mass is 16.2. The monoisotopic (exact) mass is 351 g/mol. The third-order valence-corrected chi connectivity index (χ3v) is 4.85. The molecular formula is C21H25N3O2. The van der Waals surface area contributed by atoms with Gasteiger partial charge in [0.25, 0.3) is 0 Å². The van der Waals surface area contributed by atoms with Crippen molar-refractivity contribution in [1.82, 2.24) is 10.2 Å². The quantitative estimate of drug-likeness (QED) is 0.837. The number of amides is 2. The van der Waals surface area contributed by atoms with Gasteiger partial charge in [-0.2, -0.15) is 0 Å². The summed E-state index contributed by atoms with van der Waals surface area (Å²) in [4.78, 5) is 26.1. The minimum absolute atomic E-state index is 0.0483. The maximum absolute atomic E-state index is 12.7. The standard InChI is InChI=1S/C21H25N3O2/c22-21(26)18-12-7-13-24(14-18)15-19(25)23-20(16-8-3-1-4-9-16)17-10-5-2-6-11-17/h1-6,8-11,18,20H,7,12-15H2,(H2,22,26)(H,23,25)/t18-/m1/s1. The first-order valence-electron chi connectivity index (χ1n) is 9.04. The van der Waals surface area contributed by atoms with E-state index in [4.69, 9.17) is 5.73 Å². The van der Waals surface area contributed by atoms with Crippen LogP contribution in [0.5, 0.6) is 0 Å². The molecule has 26 heavy (non-hydrogen) atoms. The zero-order chi connectivity index (χ0) is 18.4. The van der Waals surface area contributed by atoms with E-state index in [1.165, 1.54) is 0 Å². The topological polar surface area (TPSA) is 75.4 Å². The Morgan fingerprint density at radius 1 is 1.04 bits per heavy atom. The SMILES string of the molecule is NC(=O)[C@@H]1CCCN(CC(=O)NC(c2ccccc2)c2ccccc2)C1. The van der Waals surface area contributed by atoms with E-state index in [1.54, 1.807) is 0 Å². The molecule has 0 aliphatic carbocycles. The van der Waals surface area contributed by atoms with Gasteiger partial charge in [0, 0.05) is 6.54 Å². The minimum atomic E-state index is -0.276. The molecule has 0 aromatic heterocycles. The molecule has 2 aromatic carbocycles. The molecule has 3 rings (SSSR count). The average molecular weight is 351 g/mol. The van der Waals surface area contributed by atoms with Crippen molar-refractivity contribution in [3.8, 4) is 0 Å². The fourth-order valence-corrected chi connectivity index (χ4v) is 3.49. The van der Waals surface area contributed by atoms with Gasteiger partial charge in [-0.1, -0.05) is 60.7 Å². The number of nitrogens with two attached hydrogens (primary N) is 1. The number of carbonyl (C=O) groups excluding carboxylic acids is 2. The number of carbonyl (C=O) groups is 2. The van der Waals surface area contributed by atoms with Crippen molar-refractivity contribution in [3.63, 3.8) is 0 Å². The van der Waals surface area contributed by atoms with Gasteiger partial charge in [0.2, 0.25) is 11.8 Å². The Morgan fingerprint density at radius 2 is 1.62 bits per heavy atom. The molecule has 1 atom stereocenters. The van der Waals surface area contributed by atoms with Gasteiger partial charge in [-0.05, 0) is 30.5 Å². The summed E-state index contributed by atoms with van der Waals surface area (Å²) in [6, 6.07) is 19.7. The van der Waals surface area contributed by atoms with Crippen molar-refractivity contribution < 1.29 is 9.59 Å². The summed E-state index contributed by atoms with van der Waals surface area (Å²) in [5, 5.41) is 3.14. The third kappa shape index (κ3) is 4.70. The second-order valence-corrected chi connectivity index (χ2v) is 6.80. The average Bonchev–Trinajstić information content (AvgIpc) is 2.67. The number of hydrogen-bond acceptors (Lipinski definition) is 3. The highest BCUT2D eigenvalue weighted by Gasteiger charge is 2.26. The zero-order valence-electron chi connectivity index (χ0n) is 14.8. The van der Waals surface area contributed by atoms with Crippen molar-refractivity contribution in [2.45, 2.75) is 18.9 Å². The highest BCUT2D eigenvalue weighted by molar-refractivity contribution is 5.80. The van der Waals surface area contributed by atoms with Crippen LogP contribution in [0, 0.1) is 5.92 Å². The predicted octanol–water partition coefficient (Wildman–Crippen LogP) is 2.09. The van der Waals surface area contributed by atoms with Crippen molar-refractivity contribution in [3.05, 3.63) is 71.8 Å². The van der Waals surface area contributed by atoms with Crippen LogP contribution in [0.2, 0.25) is 0 Å². The van der Waals surface area contributed by atoms with Crippen molar-refractivity contribution in [2.75, 3.05) is 19.6 Å². The lowest BCUT2D eigenvalue weighted by molar-refractivity contribution is -0.127. The van der Waals surface area contributed by atoms with E-state index in [0.717, 1.165) is 30.5 Å². The third-order valence-electron chi connectivity index (χ3n) is 4.85. The number of benzene rings is 2. The van der Waals surface area contributed by atoms with Crippen LogP contribution in [0.15, 0.2) is 60.7 Å². The second-order valence-electron chi connectivity index (χ2n) is 6.80. The Hall–Kier alpha value is -2.66. The molecular weight excluding hydrogens is 326 g/mol. The summed E-state index contributed by atoms with van der Waals surface area (Å²) in [5.74, 6) is -0.482. The fourth-order valence-electron chi connectivity index (χ4n) is 3.49. The lowest BCUT2D eigenvalue weighted by Crippen LogP contribution is -2.46. The van der Waals surface area contributed by atoms with E-state index < -0.39 is 0 Å². The predicted molar refractivity (Wildman–Crippen MR) is 101 cm³/mol. The molecule has 5 heteroatoms. The van der Waals surface area contributed by atoms with Crippen molar-refractivity contribution in [2.24, 2.45) is 11.7 Å². The first-order valence-corrected chi connectivity index (χ1v) is 9.04. The largest absolute Gasteiger partial charge is 0.369 e. The molecule has 136 valence electrons. The van der Waals surface area contributed by atoms with Crippen molar-refractivity contribution >= 4 is 11.8 Å². The molecule has 1 saturated heterocycles. The van der Waals surface area contributed by atoms with Gasteiger partial charge < -0.3 is 11.1 Å². The Morgan fingerprint density at radius 3 is 2.15 bits per heavy atom. The number of hydrogen-bond donors (Lipinski definition) is 2. The molecule has 1 aliphatic rings. The van der Waals surface area contributed by atoms with Gasteiger partial charge in [0.1, 0.15) is 0 Å². The Bertz CT molecular complexity index is 694. The summed E-state index contributed by atoms with van der Waals surface area (Å²) >= 11 is 0. The zero-order valence-corrected chi connectivity index (χ0v) is 14.8. The van der Waals surface area contributed by atoms with E-state index in [1.807, 2.05) is 65.6 Å². The number of nitrogens with zero attached hydrogens (tertiary/aromatic N) is 1. The van der Waals surface area contributed by atoms with Crippen molar-refractivity contribution in [1.29, 1.82) is 0 Å². The van der Waals surface area contributed by atoms with Crippen LogP contribution in [0.25, 0.3) is 0 Å². The molecule has 5 nitrogen and oxygen atoms in total. The molecule has 2 amide bonds. The second kappa shape index (κ2) is 8.63. The van der Waals surface area contributed by atoms with Gasteiger partial charge >= 0.3 is 0 Å². The highest BCUT2D eigenvalue weighted by Crippen LogP contribution is 2.22. The molecule has 0 radical (unpaired) electrons. The van der Waals surface area contributed by atoms with E-state index in [-0.39, 0.29) is 30.3 Å². The molecule has 1 aliphatic heterocycles. The normalized spacial score (nSPS) is 17.8. The van der Waals surface area contributed by atoms with E-state index in [2.05, 4.69) is 5.32 Å². The van der Waals surface area contributed by atoms with Gasteiger partial charge in [-0.3, -0.25) is 14.5 Å². The molecule has 3 N–H and O–H groups in total. The summed E-state index contributed by atoms with van der Waals surface area (Å²) in [5.41, 5.74) is 7.51. The number of primary amides is 1. The van der Waals surface area contributed by atoms with Crippen LogP contribution in [0.4, 0.5) is 0 Å². The van der Waals surface area contributed by atoms with Crippen LogP contribution in [-0.4, -0.2) is 36.3 Å². The van der Waals surface area contributed by atoms with Gasteiger partial charge in [-0.15, -0.1) is 0 Å². The van der Waals surface area contributed by atoms with Crippen LogP contribution in [0.1, 0.15) is 30.0 Å². The smallest absolute Gasteiger partial charge is 0.234 e. The van der Waals surface area contributed by atoms with Gasteiger partial charge in [0.05, 0.1) is 18.5 Å². The van der Waals surface area contributed by atoms with Crippen LogP contribution < -0.4 is 11.1 Å². The molecule has 1 heterocycles. The Balaban J connectivity index is 1.69. The van der Waals surface area contributed by atoms with E-state index in [9.17, 15) is 9.59 Å². The van der Waals surface area contributed by atoms with Crippen LogP contribution in [-0.2, 0) is 9.59 Å². The lowest BCUT2D eigenvalue weighted by Gasteiger charge is -2.31. The number of nitrogens with one attached hydrogen (secondary N) is 1. The molecule has 2 aromatic rings. The fraction of sp³-hybridized carbons (Fsp3) is 0.333. The van der Waals surface area contributed by atoms with E-state index in [0.29, 0.717) is 6.54 Å². The molecule has 1 fully saturated rings. The maximum atomic E-state index is 12.7. The summed E-state index contributed by atoms with van der Waals surface area (Å²) < 4.78 is 0. The molecule has 0 saturated carbocycles. The lowest BCUT2D eigenvalue weighted by atomic mass is 9.97. The Kier molecular flexibility index (Phi) is 6.02. The number of likely N-dealkylation sites (tertiary alicyclic amines) is 1. The van der Waals surface area contributed by atoms with Crippen LogP contribution >= 0.6 is 0 Å². The first-order chi connectivity index (χ1) is 12.6. The molecule has 0 spiro atoms. The van der Waals surface area contributed by atoms with Gasteiger partial charge in [-0.25, -0.2) is 0 Å². The minimum Gasteiger partial charge on any atom is -0.369 e.